The van der Waals surface area contributed by atoms with Crippen molar-refractivity contribution in [3.63, 3.8) is 0 Å². The summed E-state index contributed by atoms with van der Waals surface area (Å²) in [6.45, 7) is 0.298. The van der Waals surface area contributed by atoms with Crippen LogP contribution in [0, 0.1) is 5.82 Å². The lowest BCUT2D eigenvalue weighted by atomic mass is 10.2. The van der Waals surface area contributed by atoms with Crippen LogP contribution in [0.5, 0.6) is 5.75 Å². The first kappa shape index (κ1) is 12.4. The van der Waals surface area contributed by atoms with E-state index in [1.165, 1.54) is 19.2 Å². The van der Waals surface area contributed by atoms with Gasteiger partial charge >= 0.3 is 0 Å². The molecule has 1 rings (SSSR count). The SMILES string of the molecule is COc1cccc(C(=O)NCCCO)c1F. The second-order valence-corrected chi connectivity index (χ2v) is 3.15. The van der Waals surface area contributed by atoms with Crippen LogP contribution in [-0.2, 0) is 0 Å². The lowest BCUT2D eigenvalue weighted by Crippen LogP contribution is -2.26. The lowest BCUT2D eigenvalue weighted by Gasteiger charge is -2.07. The number of aliphatic hydroxyl groups excluding tert-OH is 1. The highest BCUT2D eigenvalue weighted by Gasteiger charge is 2.14. The van der Waals surface area contributed by atoms with Gasteiger partial charge in [0.25, 0.3) is 5.91 Å². The first-order valence-corrected chi connectivity index (χ1v) is 4.92. The van der Waals surface area contributed by atoms with Gasteiger partial charge in [-0.15, -0.1) is 0 Å². The fraction of sp³-hybridized carbons (Fsp3) is 0.364. The predicted octanol–water partition coefficient (Wildman–Crippen LogP) is 0.946. The third-order valence-corrected chi connectivity index (χ3v) is 2.05. The summed E-state index contributed by atoms with van der Waals surface area (Å²) in [6.07, 6.45) is 0.442. The van der Waals surface area contributed by atoms with Gasteiger partial charge in [-0.3, -0.25) is 4.79 Å². The molecule has 0 saturated carbocycles. The van der Waals surface area contributed by atoms with Crippen molar-refractivity contribution in [3.8, 4) is 5.75 Å². The molecule has 5 heteroatoms. The Hall–Kier alpha value is -1.62. The van der Waals surface area contributed by atoms with E-state index < -0.39 is 11.7 Å². The molecule has 0 saturated heterocycles. The van der Waals surface area contributed by atoms with Gasteiger partial charge in [0.15, 0.2) is 11.6 Å². The molecule has 0 radical (unpaired) electrons. The number of halogens is 1. The van der Waals surface area contributed by atoms with Crippen molar-refractivity contribution < 1.29 is 19.0 Å². The van der Waals surface area contributed by atoms with Crippen molar-refractivity contribution in [2.45, 2.75) is 6.42 Å². The van der Waals surface area contributed by atoms with Gasteiger partial charge in [-0.1, -0.05) is 6.07 Å². The number of hydrogen-bond acceptors (Lipinski definition) is 3. The Morgan fingerprint density at radius 2 is 2.31 bits per heavy atom. The molecular weight excluding hydrogens is 213 g/mol. The molecule has 1 amide bonds. The van der Waals surface area contributed by atoms with Crippen LogP contribution in [0.3, 0.4) is 0 Å². The van der Waals surface area contributed by atoms with Gasteiger partial charge in [0.05, 0.1) is 12.7 Å². The first-order valence-electron chi connectivity index (χ1n) is 4.92. The highest BCUT2D eigenvalue weighted by molar-refractivity contribution is 5.94. The molecule has 88 valence electrons. The van der Waals surface area contributed by atoms with E-state index in [4.69, 9.17) is 9.84 Å². The van der Waals surface area contributed by atoms with Crippen molar-refractivity contribution in [2.24, 2.45) is 0 Å². The van der Waals surface area contributed by atoms with E-state index in [1.54, 1.807) is 6.07 Å². The highest BCUT2D eigenvalue weighted by atomic mass is 19.1. The second kappa shape index (κ2) is 6.07. The minimum Gasteiger partial charge on any atom is -0.494 e. The van der Waals surface area contributed by atoms with Crippen LogP contribution in [-0.4, -0.2) is 31.3 Å². The molecule has 4 nitrogen and oxygen atoms in total. The van der Waals surface area contributed by atoms with Gasteiger partial charge in [-0.05, 0) is 18.6 Å². The molecular formula is C11H14FNO3. The zero-order valence-electron chi connectivity index (χ0n) is 9.00. The fourth-order valence-electron chi connectivity index (χ4n) is 1.22. The maximum absolute atomic E-state index is 13.6. The van der Waals surface area contributed by atoms with Gasteiger partial charge in [0.1, 0.15) is 0 Å². The van der Waals surface area contributed by atoms with Crippen LogP contribution in [0.1, 0.15) is 16.8 Å². The summed E-state index contributed by atoms with van der Waals surface area (Å²) >= 11 is 0. The Kier molecular flexibility index (Phi) is 4.72. The maximum atomic E-state index is 13.6. The predicted molar refractivity (Wildman–Crippen MR) is 57.0 cm³/mol. The zero-order chi connectivity index (χ0) is 12.0. The molecule has 0 aliphatic carbocycles. The molecule has 16 heavy (non-hydrogen) atoms. The Morgan fingerprint density at radius 1 is 1.56 bits per heavy atom. The molecule has 0 fully saturated rings. The van der Waals surface area contributed by atoms with Crippen LogP contribution in [0.15, 0.2) is 18.2 Å². The minimum absolute atomic E-state index is 0.0130. The summed E-state index contributed by atoms with van der Waals surface area (Å²) in [5.74, 6) is -1.15. The number of hydrogen-bond donors (Lipinski definition) is 2. The highest BCUT2D eigenvalue weighted by Crippen LogP contribution is 2.19. The molecule has 1 aromatic carbocycles. The number of rotatable bonds is 5. The van der Waals surface area contributed by atoms with E-state index in [1.807, 2.05) is 0 Å². The number of carbonyl (C=O) groups is 1. The van der Waals surface area contributed by atoms with E-state index in [-0.39, 0.29) is 17.9 Å². The number of carbonyl (C=O) groups excluding carboxylic acids is 1. The largest absolute Gasteiger partial charge is 0.494 e. The van der Waals surface area contributed by atoms with E-state index >= 15 is 0 Å². The van der Waals surface area contributed by atoms with Crippen molar-refractivity contribution in [1.82, 2.24) is 5.32 Å². The lowest BCUT2D eigenvalue weighted by molar-refractivity contribution is 0.0946. The molecule has 0 aliphatic heterocycles. The summed E-state index contributed by atoms with van der Waals surface area (Å²) in [7, 11) is 1.34. The quantitative estimate of drug-likeness (QED) is 0.736. The summed E-state index contributed by atoms with van der Waals surface area (Å²) in [6, 6.07) is 4.37. The molecule has 0 heterocycles. The number of nitrogens with one attached hydrogen (secondary N) is 1. The molecule has 1 aromatic rings. The number of amides is 1. The second-order valence-electron chi connectivity index (χ2n) is 3.15. The van der Waals surface area contributed by atoms with E-state index in [2.05, 4.69) is 5.32 Å². The third kappa shape index (κ3) is 2.93. The average Bonchev–Trinajstić information content (AvgIpc) is 2.29. The van der Waals surface area contributed by atoms with Crippen molar-refractivity contribution in [1.29, 1.82) is 0 Å². The van der Waals surface area contributed by atoms with Gasteiger partial charge in [0.2, 0.25) is 0 Å². The van der Waals surface area contributed by atoms with Crippen LogP contribution in [0.25, 0.3) is 0 Å². The van der Waals surface area contributed by atoms with Crippen LogP contribution in [0.4, 0.5) is 4.39 Å². The number of methoxy groups -OCH3 is 1. The fourth-order valence-corrected chi connectivity index (χ4v) is 1.22. The van der Waals surface area contributed by atoms with Gasteiger partial charge in [-0.2, -0.15) is 0 Å². The van der Waals surface area contributed by atoms with E-state index in [0.29, 0.717) is 13.0 Å². The summed E-state index contributed by atoms with van der Waals surface area (Å²) < 4.78 is 18.4. The number of benzene rings is 1. The molecule has 0 bridgehead atoms. The molecule has 0 aliphatic rings. The van der Waals surface area contributed by atoms with Crippen LogP contribution >= 0.6 is 0 Å². The molecule has 0 aromatic heterocycles. The number of ether oxygens (including phenoxy) is 1. The third-order valence-electron chi connectivity index (χ3n) is 2.05. The van der Waals surface area contributed by atoms with Crippen molar-refractivity contribution in [3.05, 3.63) is 29.6 Å². The zero-order valence-corrected chi connectivity index (χ0v) is 9.00. The average molecular weight is 227 g/mol. The Morgan fingerprint density at radius 3 is 2.94 bits per heavy atom. The molecule has 0 unspecified atom stereocenters. The van der Waals surface area contributed by atoms with Crippen LogP contribution in [0.2, 0.25) is 0 Å². The number of aliphatic hydroxyl groups is 1. The summed E-state index contributed by atoms with van der Waals surface area (Å²) in [5.41, 5.74) is -0.0581. The normalized spacial score (nSPS) is 9.94. The van der Waals surface area contributed by atoms with Crippen molar-refractivity contribution in [2.75, 3.05) is 20.3 Å². The van der Waals surface area contributed by atoms with Gasteiger partial charge in [0, 0.05) is 13.2 Å². The minimum atomic E-state index is -0.675. The molecule has 0 spiro atoms. The Balaban J connectivity index is 2.75. The van der Waals surface area contributed by atoms with E-state index in [0.717, 1.165) is 0 Å². The van der Waals surface area contributed by atoms with Gasteiger partial charge < -0.3 is 15.2 Å². The Labute approximate surface area is 93.0 Å². The molecule has 0 atom stereocenters. The Bertz CT molecular complexity index is 368. The molecule has 2 N–H and O–H groups in total. The van der Waals surface area contributed by atoms with Crippen LogP contribution < -0.4 is 10.1 Å². The van der Waals surface area contributed by atoms with Gasteiger partial charge in [-0.25, -0.2) is 4.39 Å². The monoisotopic (exact) mass is 227 g/mol. The topological polar surface area (TPSA) is 58.6 Å². The first-order chi connectivity index (χ1) is 7.70. The smallest absolute Gasteiger partial charge is 0.254 e. The summed E-state index contributed by atoms with van der Waals surface area (Å²) in [4.78, 5) is 11.5. The summed E-state index contributed by atoms with van der Waals surface area (Å²) in [5, 5.41) is 11.0. The standard InChI is InChI=1S/C11H14FNO3/c1-16-9-5-2-4-8(10(9)12)11(15)13-6-3-7-14/h2,4-5,14H,3,6-7H2,1H3,(H,13,15). The van der Waals surface area contributed by atoms with Crippen molar-refractivity contribution >= 4 is 5.91 Å². The maximum Gasteiger partial charge on any atom is 0.254 e. The van der Waals surface area contributed by atoms with E-state index in [9.17, 15) is 9.18 Å².